The number of rotatable bonds is 6. The van der Waals surface area contributed by atoms with Crippen LogP contribution in [0.4, 0.5) is 5.69 Å². The molecular formula is C12H20N2O2S. The predicted octanol–water partition coefficient (Wildman–Crippen LogP) is 2.04. The minimum Gasteiger partial charge on any atom is -0.398 e. The summed E-state index contributed by atoms with van der Waals surface area (Å²) in [5.74, 6) is 0.438. The Labute approximate surface area is 106 Å². The second-order valence-corrected chi connectivity index (χ2v) is 5.60. The lowest BCUT2D eigenvalue weighted by atomic mass is 10.2. The third kappa shape index (κ3) is 4.75. The number of aryl methyl sites for hydroxylation is 1. The topological polar surface area (TPSA) is 64.3 Å². The Hall–Kier alpha value is -1.07. The van der Waals surface area contributed by atoms with E-state index in [-0.39, 0.29) is 5.91 Å². The van der Waals surface area contributed by atoms with E-state index in [4.69, 9.17) is 10.5 Å². The second kappa shape index (κ2) is 6.61. The molecule has 0 aliphatic heterocycles. The summed E-state index contributed by atoms with van der Waals surface area (Å²) in [5, 5.41) is 2.80. The number of nitrogen functional groups attached to an aromatic ring is 1. The Kier molecular flexibility index (Phi) is 5.44. The van der Waals surface area contributed by atoms with Crippen LogP contribution in [0.5, 0.6) is 0 Å². The van der Waals surface area contributed by atoms with E-state index in [1.165, 1.54) is 11.3 Å². The highest BCUT2D eigenvalue weighted by molar-refractivity contribution is 7.14. The van der Waals surface area contributed by atoms with Crippen molar-refractivity contribution < 1.29 is 9.53 Å². The van der Waals surface area contributed by atoms with Crippen molar-refractivity contribution in [1.82, 2.24) is 5.32 Å². The minimum absolute atomic E-state index is 0.0806. The Bertz CT molecular complexity index is 355. The SMILES string of the molecule is Cc1sc(C(=O)NCCOCC(C)C)cc1N. The van der Waals surface area contributed by atoms with E-state index in [9.17, 15) is 4.79 Å². The molecule has 0 unspecified atom stereocenters. The third-order valence-electron chi connectivity index (χ3n) is 2.16. The molecule has 5 heteroatoms. The van der Waals surface area contributed by atoms with Gasteiger partial charge in [0, 0.05) is 23.7 Å². The number of hydrogen-bond donors (Lipinski definition) is 2. The molecule has 1 aromatic rings. The monoisotopic (exact) mass is 256 g/mol. The van der Waals surface area contributed by atoms with E-state index in [0.29, 0.717) is 29.6 Å². The summed E-state index contributed by atoms with van der Waals surface area (Å²) in [6, 6.07) is 1.71. The maximum absolute atomic E-state index is 11.7. The molecule has 0 fully saturated rings. The molecular weight excluding hydrogens is 236 g/mol. The van der Waals surface area contributed by atoms with Crippen molar-refractivity contribution in [1.29, 1.82) is 0 Å². The normalized spacial score (nSPS) is 10.8. The molecule has 0 radical (unpaired) electrons. The molecule has 17 heavy (non-hydrogen) atoms. The third-order valence-corrected chi connectivity index (χ3v) is 3.23. The lowest BCUT2D eigenvalue weighted by molar-refractivity contribution is 0.0889. The average Bonchev–Trinajstić information content (AvgIpc) is 2.58. The van der Waals surface area contributed by atoms with Crippen LogP contribution in [0.25, 0.3) is 0 Å². The quantitative estimate of drug-likeness (QED) is 0.766. The van der Waals surface area contributed by atoms with Gasteiger partial charge in [-0.25, -0.2) is 0 Å². The fourth-order valence-electron chi connectivity index (χ4n) is 1.25. The summed E-state index contributed by atoms with van der Waals surface area (Å²) in [6.07, 6.45) is 0. The smallest absolute Gasteiger partial charge is 0.261 e. The largest absolute Gasteiger partial charge is 0.398 e. The van der Waals surface area contributed by atoms with E-state index >= 15 is 0 Å². The Morgan fingerprint density at radius 1 is 1.59 bits per heavy atom. The van der Waals surface area contributed by atoms with E-state index in [1.54, 1.807) is 6.07 Å². The molecule has 0 saturated heterocycles. The number of nitrogens with one attached hydrogen (secondary N) is 1. The van der Waals surface area contributed by atoms with Crippen molar-refractivity contribution in [3.05, 3.63) is 15.8 Å². The lowest BCUT2D eigenvalue weighted by Gasteiger charge is -2.07. The van der Waals surface area contributed by atoms with Gasteiger partial charge in [-0.2, -0.15) is 0 Å². The van der Waals surface area contributed by atoms with Crippen molar-refractivity contribution in [2.45, 2.75) is 20.8 Å². The number of carbonyl (C=O) groups is 1. The summed E-state index contributed by atoms with van der Waals surface area (Å²) in [5.41, 5.74) is 6.37. The predicted molar refractivity (Wildman–Crippen MR) is 71.5 cm³/mol. The van der Waals surface area contributed by atoms with Crippen LogP contribution < -0.4 is 11.1 Å². The number of ether oxygens (including phenoxy) is 1. The van der Waals surface area contributed by atoms with Gasteiger partial charge >= 0.3 is 0 Å². The first-order valence-electron chi connectivity index (χ1n) is 5.72. The van der Waals surface area contributed by atoms with E-state index < -0.39 is 0 Å². The molecule has 96 valence electrons. The van der Waals surface area contributed by atoms with Gasteiger partial charge in [0.15, 0.2) is 0 Å². The van der Waals surface area contributed by atoms with E-state index in [1.807, 2.05) is 6.92 Å². The Morgan fingerprint density at radius 2 is 2.29 bits per heavy atom. The van der Waals surface area contributed by atoms with Gasteiger partial charge in [0.2, 0.25) is 0 Å². The van der Waals surface area contributed by atoms with Crippen molar-refractivity contribution in [2.24, 2.45) is 5.92 Å². The first kappa shape index (κ1) is 14.0. The molecule has 1 rings (SSSR count). The zero-order valence-corrected chi connectivity index (χ0v) is 11.4. The van der Waals surface area contributed by atoms with Crippen LogP contribution in [0.3, 0.4) is 0 Å². The number of amides is 1. The molecule has 0 aliphatic rings. The van der Waals surface area contributed by atoms with Crippen molar-refractivity contribution in [3.8, 4) is 0 Å². The number of hydrogen-bond acceptors (Lipinski definition) is 4. The minimum atomic E-state index is -0.0806. The van der Waals surface area contributed by atoms with Gasteiger partial charge in [0.05, 0.1) is 11.5 Å². The highest BCUT2D eigenvalue weighted by atomic mass is 32.1. The summed E-state index contributed by atoms with van der Waals surface area (Å²) in [6.45, 7) is 7.89. The van der Waals surface area contributed by atoms with E-state index in [0.717, 1.165) is 11.5 Å². The van der Waals surface area contributed by atoms with Crippen LogP contribution >= 0.6 is 11.3 Å². The second-order valence-electron chi connectivity index (χ2n) is 4.35. The van der Waals surface area contributed by atoms with Crippen LogP contribution in [0.1, 0.15) is 28.4 Å². The zero-order chi connectivity index (χ0) is 12.8. The summed E-state index contributed by atoms with van der Waals surface area (Å²) < 4.78 is 5.37. The maximum atomic E-state index is 11.7. The molecule has 0 aromatic carbocycles. The Balaban J connectivity index is 2.26. The van der Waals surface area contributed by atoms with Crippen LogP contribution in [-0.2, 0) is 4.74 Å². The summed E-state index contributed by atoms with van der Waals surface area (Å²) in [7, 11) is 0. The number of anilines is 1. The van der Waals surface area contributed by atoms with E-state index in [2.05, 4.69) is 19.2 Å². The van der Waals surface area contributed by atoms with Crippen molar-refractivity contribution in [3.63, 3.8) is 0 Å². The molecule has 1 aromatic heterocycles. The highest BCUT2D eigenvalue weighted by Gasteiger charge is 2.09. The molecule has 3 N–H and O–H groups in total. The molecule has 0 aliphatic carbocycles. The summed E-state index contributed by atoms with van der Waals surface area (Å²) in [4.78, 5) is 13.3. The van der Waals surface area contributed by atoms with Gasteiger partial charge in [-0.15, -0.1) is 11.3 Å². The van der Waals surface area contributed by atoms with Crippen molar-refractivity contribution >= 4 is 22.9 Å². The van der Waals surface area contributed by atoms with Gasteiger partial charge in [-0.1, -0.05) is 13.8 Å². The highest BCUT2D eigenvalue weighted by Crippen LogP contribution is 2.22. The van der Waals surface area contributed by atoms with Gasteiger partial charge in [-0.05, 0) is 18.9 Å². The van der Waals surface area contributed by atoms with Crippen LogP contribution in [0.15, 0.2) is 6.07 Å². The van der Waals surface area contributed by atoms with Crippen LogP contribution in [-0.4, -0.2) is 25.7 Å². The molecule has 0 atom stereocenters. The lowest BCUT2D eigenvalue weighted by Crippen LogP contribution is -2.27. The van der Waals surface area contributed by atoms with Crippen LogP contribution in [0.2, 0.25) is 0 Å². The maximum Gasteiger partial charge on any atom is 0.261 e. The van der Waals surface area contributed by atoms with Gasteiger partial charge in [0.1, 0.15) is 0 Å². The summed E-state index contributed by atoms with van der Waals surface area (Å²) >= 11 is 1.41. The van der Waals surface area contributed by atoms with Gasteiger partial charge in [-0.3, -0.25) is 4.79 Å². The molecule has 0 saturated carbocycles. The average molecular weight is 256 g/mol. The molecule has 1 amide bonds. The zero-order valence-electron chi connectivity index (χ0n) is 10.6. The van der Waals surface area contributed by atoms with Crippen LogP contribution in [0, 0.1) is 12.8 Å². The molecule has 1 heterocycles. The fourth-order valence-corrected chi connectivity index (χ4v) is 2.11. The first-order valence-corrected chi connectivity index (χ1v) is 6.54. The standard InChI is InChI=1S/C12H20N2O2S/c1-8(2)7-16-5-4-14-12(15)11-6-10(13)9(3)17-11/h6,8H,4-5,7,13H2,1-3H3,(H,14,15). The number of nitrogens with two attached hydrogens (primary N) is 1. The number of thiophene rings is 1. The Morgan fingerprint density at radius 3 is 2.82 bits per heavy atom. The van der Waals surface area contributed by atoms with Crippen molar-refractivity contribution in [2.75, 3.05) is 25.5 Å². The van der Waals surface area contributed by atoms with Gasteiger partial charge < -0.3 is 15.8 Å². The molecule has 0 bridgehead atoms. The number of carbonyl (C=O) groups excluding carboxylic acids is 1. The fraction of sp³-hybridized carbons (Fsp3) is 0.583. The van der Waals surface area contributed by atoms with Gasteiger partial charge in [0.25, 0.3) is 5.91 Å². The molecule has 4 nitrogen and oxygen atoms in total. The molecule has 0 spiro atoms. The first-order chi connectivity index (χ1) is 8.00.